The summed E-state index contributed by atoms with van der Waals surface area (Å²) in [5.41, 5.74) is 1.53. The second-order valence-corrected chi connectivity index (χ2v) is 7.21. The fraction of sp³-hybridized carbons (Fsp3) is 0.154. The van der Waals surface area contributed by atoms with Crippen molar-refractivity contribution in [2.45, 2.75) is 19.0 Å². The van der Waals surface area contributed by atoms with Crippen LogP contribution in [0.3, 0.4) is 0 Å². The number of fused-ring (bicyclic) bond motifs is 1. The molecule has 0 saturated heterocycles. The fourth-order valence-corrected chi connectivity index (χ4v) is 3.44. The molecule has 0 atom stereocenters. The zero-order valence-corrected chi connectivity index (χ0v) is 14.4. The topological polar surface area (TPSA) is 89.2 Å². The summed E-state index contributed by atoms with van der Waals surface area (Å²) < 4.78 is 28.8. The summed E-state index contributed by atoms with van der Waals surface area (Å²) in [5, 5.41) is 3.95. The van der Waals surface area contributed by atoms with Crippen molar-refractivity contribution in [2.24, 2.45) is 0 Å². The van der Waals surface area contributed by atoms with Gasteiger partial charge >= 0.3 is 0 Å². The van der Waals surface area contributed by atoms with E-state index in [1.165, 1.54) is 10.7 Å². The number of aryl methyl sites for hydroxylation is 2. The Labute approximate surface area is 142 Å². The van der Waals surface area contributed by atoms with Crippen LogP contribution >= 0.6 is 23.2 Å². The van der Waals surface area contributed by atoms with Gasteiger partial charge in [-0.05, 0) is 31.5 Å². The number of aromatic nitrogens is 4. The first-order valence-electron chi connectivity index (χ1n) is 6.45. The molecule has 0 amide bonds. The molecular formula is C13H11Cl2N5O2S. The zero-order chi connectivity index (χ0) is 16.8. The van der Waals surface area contributed by atoms with E-state index in [-0.39, 0.29) is 21.5 Å². The standard InChI is InChI=1S/C13H11Cl2N5O2S/c1-7-3-4-9(14)10(15)11(7)19-23(21,22)13-17-12-16-6-5-8(2)20(12)18-13/h3-6,19H,1-2H3. The van der Waals surface area contributed by atoms with Crippen molar-refractivity contribution >= 4 is 44.7 Å². The van der Waals surface area contributed by atoms with Gasteiger partial charge in [-0.1, -0.05) is 29.3 Å². The Morgan fingerprint density at radius 3 is 2.61 bits per heavy atom. The molecule has 0 radical (unpaired) electrons. The third-order valence-electron chi connectivity index (χ3n) is 3.19. The van der Waals surface area contributed by atoms with Gasteiger partial charge in [0.05, 0.1) is 15.7 Å². The molecule has 0 aliphatic carbocycles. The summed E-state index contributed by atoms with van der Waals surface area (Å²) in [6, 6.07) is 4.95. The molecule has 23 heavy (non-hydrogen) atoms. The molecule has 0 unspecified atom stereocenters. The van der Waals surface area contributed by atoms with Crippen LogP contribution in [0.4, 0.5) is 5.69 Å². The van der Waals surface area contributed by atoms with Crippen molar-refractivity contribution in [1.29, 1.82) is 0 Å². The van der Waals surface area contributed by atoms with Crippen LogP contribution in [-0.2, 0) is 10.0 Å². The summed E-state index contributed by atoms with van der Waals surface area (Å²) in [6.45, 7) is 3.48. The molecule has 120 valence electrons. The van der Waals surface area contributed by atoms with Crippen molar-refractivity contribution in [3.63, 3.8) is 0 Å². The maximum Gasteiger partial charge on any atom is 0.299 e. The number of halogens is 2. The van der Waals surface area contributed by atoms with Crippen LogP contribution in [-0.4, -0.2) is 28.0 Å². The molecule has 0 saturated carbocycles. The number of benzene rings is 1. The maximum atomic E-state index is 12.5. The molecule has 0 aliphatic rings. The first-order chi connectivity index (χ1) is 10.8. The van der Waals surface area contributed by atoms with E-state index in [9.17, 15) is 8.42 Å². The Morgan fingerprint density at radius 1 is 1.17 bits per heavy atom. The largest absolute Gasteiger partial charge is 0.299 e. The number of nitrogens with one attached hydrogen (secondary N) is 1. The highest BCUT2D eigenvalue weighted by Crippen LogP contribution is 2.33. The van der Waals surface area contributed by atoms with Gasteiger partial charge in [0, 0.05) is 11.9 Å². The van der Waals surface area contributed by atoms with Gasteiger partial charge in [0.1, 0.15) is 0 Å². The van der Waals surface area contributed by atoms with Gasteiger partial charge in [-0.25, -0.2) is 9.50 Å². The zero-order valence-electron chi connectivity index (χ0n) is 12.1. The summed E-state index contributed by atoms with van der Waals surface area (Å²) in [5.74, 6) is 0.194. The van der Waals surface area contributed by atoms with E-state index in [1.54, 1.807) is 32.0 Å². The van der Waals surface area contributed by atoms with E-state index in [1.807, 2.05) is 0 Å². The van der Waals surface area contributed by atoms with E-state index in [0.29, 0.717) is 11.3 Å². The molecule has 0 fully saturated rings. The van der Waals surface area contributed by atoms with E-state index in [2.05, 4.69) is 19.8 Å². The molecule has 2 aromatic heterocycles. The van der Waals surface area contributed by atoms with Gasteiger partial charge in [-0.3, -0.25) is 4.72 Å². The summed E-state index contributed by atoms with van der Waals surface area (Å²) in [7, 11) is -4.03. The van der Waals surface area contributed by atoms with E-state index in [0.717, 1.165) is 0 Å². The molecular weight excluding hydrogens is 361 g/mol. The first kappa shape index (κ1) is 16.0. The van der Waals surface area contributed by atoms with Crippen LogP contribution in [0.1, 0.15) is 11.3 Å². The first-order valence-corrected chi connectivity index (χ1v) is 8.69. The van der Waals surface area contributed by atoms with Crippen molar-refractivity contribution in [2.75, 3.05) is 4.72 Å². The summed E-state index contributed by atoms with van der Waals surface area (Å²) >= 11 is 12.0. The van der Waals surface area contributed by atoms with Crippen LogP contribution in [0.5, 0.6) is 0 Å². The van der Waals surface area contributed by atoms with Gasteiger partial charge in [0.15, 0.2) is 0 Å². The monoisotopic (exact) mass is 371 g/mol. The highest BCUT2D eigenvalue weighted by Gasteiger charge is 2.24. The lowest BCUT2D eigenvalue weighted by molar-refractivity contribution is 0.592. The van der Waals surface area contributed by atoms with Crippen molar-refractivity contribution in [3.05, 3.63) is 45.7 Å². The minimum atomic E-state index is -4.03. The van der Waals surface area contributed by atoms with Crippen LogP contribution in [0.25, 0.3) is 5.78 Å². The van der Waals surface area contributed by atoms with Crippen molar-refractivity contribution in [3.8, 4) is 0 Å². The van der Waals surface area contributed by atoms with E-state index >= 15 is 0 Å². The number of nitrogens with zero attached hydrogens (tertiary/aromatic N) is 4. The normalized spacial score (nSPS) is 11.8. The van der Waals surface area contributed by atoms with E-state index < -0.39 is 15.2 Å². The molecule has 0 aliphatic heterocycles. The lowest BCUT2D eigenvalue weighted by Crippen LogP contribution is -2.16. The molecule has 2 heterocycles. The quantitative estimate of drug-likeness (QED) is 0.764. The number of sulfonamides is 1. The summed E-state index contributed by atoms with van der Waals surface area (Å²) in [4.78, 5) is 7.92. The van der Waals surface area contributed by atoms with Crippen LogP contribution in [0.2, 0.25) is 10.0 Å². The number of anilines is 1. The third-order valence-corrected chi connectivity index (χ3v) is 5.12. The van der Waals surface area contributed by atoms with Crippen LogP contribution < -0.4 is 4.72 Å². The predicted octanol–water partition coefficient (Wildman–Crippen LogP) is 2.85. The third kappa shape index (κ3) is 2.85. The van der Waals surface area contributed by atoms with E-state index in [4.69, 9.17) is 23.2 Å². The molecule has 10 heteroatoms. The highest BCUT2D eigenvalue weighted by molar-refractivity contribution is 7.92. The Bertz CT molecular complexity index is 1020. The van der Waals surface area contributed by atoms with Gasteiger partial charge in [0.25, 0.3) is 21.0 Å². The molecule has 0 bridgehead atoms. The maximum absolute atomic E-state index is 12.5. The van der Waals surface area contributed by atoms with Gasteiger partial charge in [-0.15, -0.1) is 5.10 Å². The Hall–Kier alpha value is -1.90. The molecule has 7 nitrogen and oxygen atoms in total. The highest BCUT2D eigenvalue weighted by atomic mass is 35.5. The second kappa shape index (κ2) is 5.63. The van der Waals surface area contributed by atoms with Crippen molar-refractivity contribution in [1.82, 2.24) is 19.6 Å². The second-order valence-electron chi connectivity index (χ2n) is 4.85. The average Bonchev–Trinajstić information content (AvgIpc) is 2.94. The van der Waals surface area contributed by atoms with Crippen LogP contribution in [0.15, 0.2) is 29.6 Å². The Kier molecular flexibility index (Phi) is 3.91. The van der Waals surface area contributed by atoms with Gasteiger partial charge in [0.2, 0.25) is 0 Å². The molecule has 0 spiro atoms. The molecule has 3 aromatic rings. The predicted molar refractivity (Wildman–Crippen MR) is 87.5 cm³/mol. The Balaban J connectivity index is 2.08. The SMILES string of the molecule is Cc1ccc(Cl)c(Cl)c1NS(=O)(=O)c1nc2nccc(C)n2n1. The average molecular weight is 372 g/mol. The minimum absolute atomic E-state index is 0.119. The smallest absolute Gasteiger partial charge is 0.275 e. The summed E-state index contributed by atoms with van der Waals surface area (Å²) in [6.07, 6.45) is 1.53. The lowest BCUT2D eigenvalue weighted by Gasteiger charge is -2.11. The van der Waals surface area contributed by atoms with Crippen LogP contribution in [0, 0.1) is 13.8 Å². The Morgan fingerprint density at radius 2 is 1.91 bits per heavy atom. The van der Waals surface area contributed by atoms with Gasteiger partial charge < -0.3 is 0 Å². The minimum Gasteiger partial charge on any atom is -0.275 e. The fourth-order valence-electron chi connectivity index (χ4n) is 1.95. The van der Waals surface area contributed by atoms with Gasteiger partial charge in [-0.2, -0.15) is 13.4 Å². The number of hydrogen-bond donors (Lipinski definition) is 1. The van der Waals surface area contributed by atoms with Crippen molar-refractivity contribution < 1.29 is 8.42 Å². The molecule has 1 aromatic carbocycles. The number of hydrogen-bond acceptors (Lipinski definition) is 5. The lowest BCUT2D eigenvalue weighted by atomic mass is 10.2. The molecule has 3 rings (SSSR count). The molecule has 1 N–H and O–H groups in total. The number of rotatable bonds is 3.